The summed E-state index contributed by atoms with van der Waals surface area (Å²) in [4.78, 5) is 23.4. The zero-order valence-electron chi connectivity index (χ0n) is 14.2. The molecular weight excluding hydrogens is 276 g/mol. The van der Waals surface area contributed by atoms with Crippen molar-refractivity contribution in [1.29, 1.82) is 0 Å². The van der Waals surface area contributed by atoms with Crippen LogP contribution < -0.4 is 10.2 Å². The standard InChI is InChI=1S/C17H28N4O/c1-12(2)5-8-18-16(22)15-6-9-21(10-7-15)17-19-13(3)11-14(4)20-17/h11-12,15H,5-10H2,1-4H3,(H,18,22). The summed E-state index contributed by atoms with van der Waals surface area (Å²) >= 11 is 0. The largest absolute Gasteiger partial charge is 0.356 e. The van der Waals surface area contributed by atoms with E-state index < -0.39 is 0 Å². The van der Waals surface area contributed by atoms with Crippen LogP contribution in [-0.4, -0.2) is 35.5 Å². The Hall–Kier alpha value is -1.65. The second-order valence-electron chi connectivity index (χ2n) is 6.69. The Morgan fingerprint density at radius 2 is 1.86 bits per heavy atom. The van der Waals surface area contributed by atoms with Crippen LogP contribution in [0.1, 0.15) is 44.5 Å². The molecule has 1 aliphatic heterocycles. The van der Waals surface area contributed by atoms with Crippen LogP contribution in [0, 0.1) is 25.7 Å². The molecule has 0 spiro atoms. The minimum absolute atomic E-state index is 0.134. The highest BCUT2D eigenvalue weighted by Crippen LogP contribution is 2.21. The van der Waals surface area contributed by atoms with Crippen molar-refractivity contribution < 1.29 is 4.79 Å². The van der Waals surface area contributed by atoms with E-state index in [-0.39, 0.29) is 11.8 Å². The fraction of sp³-hybridized carbons (Fsp3) is 0.706. The van der Waals surface area contributed by atoms with Crippen molar-refractivity contribution in [2.75, 3.05) is 24.5 Å². The summed E-state index contributed by atoms with van der Waals surface area (Å²) in [6.07, 6.45) is 2.80. The lowest BCUT2D eigenvalue weighted by molar-refractivity contribution is -0.125. The molecule has 1 fully saturated rings. The van der Waals surface area contributed by atoms with Crippen LogP contribution in [0.3, 0.4) is 0 Å². The zero-order valence-corrected chi connectivity index (χ0v) is 14.2. The van der Waals surface area contributed by atoms with E-state index >= 15 is 0 Å². The second kappa shape index (κ2) is 7.56. The van der Waals surface area contributed by atoms with Gasteiger partial charge >= 0.3 is 0 Å². The molecule has 5 nitrogen and oxygen atoms in total. The Kier molecular flexibility index (Phi) is 5.75. The van der Waals surface area contributed by atoms with E-state index in [9.17, 15) is 4.79 Å². The van der Waals surface area contributed by atoms with Crippen molar-refractivity contribution in [3.63, 3.8) is 0 Å². The maximum absolute atomic E-state index is 12.2. The first-order valence-electron chi connectivity index (χ1n) is 8.30. The molecule has 1 N–H and O–H groups in total. The molecule has 1 aromatic heterocycles. The highest BCUT2D eigenvalue weighted by molar-refractivity contribution is 5.78. The van der Waals surface area contributed by atoms with Gasteiger partial charge < -0.3 is 10.2 Å². The first-order chi connectivity index (χ1) is 10.5. The molecule has 1 aliphatic rings. The molecule has 0 aliphatic carbocycles. The smallest absolute Gasteiger partial charge is 0.225 e. The van der Waals surface area contributed by atoms with E-state index in [1.807, 2.05) is 19.9 Å². The fourth-order valence-corrected chi connectivity index (χ4v) is 2.82. The third-order valence-corrected chi connectivity index (χ3v) is 4.14. The Balaban J connectivity index is 1.83. The van der Waals surface area contributed by atoms with Crippen LogP contribution in [0.2, 0.25) is 0 Å². The highest BCUT2D eigenvalue weighted by Gasteiger charge is 2.26. The Bertz CT molecular complexity index is 487. The SMILES string of the molecule is Cc1cc(C)nc(N2CCC(C(=O)NCCC(C)C)CC2)n1. The summed E-state index contributed by atoms with van der Waals surface area (Å²) in [7, 11) is 0. The van der Waals surface area contributed by atoms with Crippen LogP contribution in [0.15, 0.2) is 6.07 Å². The van der Waals surface area contributed by atoms with Crippen LogP contribution in [0.5, 0.6) is 0 Å². The molecule has 1 aromatic rings. The van der Waals surface area contributed by atoms with Gasteiger partial charge in [-0.15, -0.1) is 0 Å². The van der Waals surface area contributed by atoms with Gasteiger partial charge in [0.25, 0.3) is 0 Å². The number of aryl methyl sites for hydroxylation is 2. The van der Waals surface area contributed by atoms with E-state index in [0.717, 1.165) is 56.2 Å². The minimum atomic E-state index is 0.134. The molecule has 2 rings (SSSR count). The number of hydrogen-bond donors (Lipinski definition) is 1. The molecule has 0 aromatic carbocycles. The van der Waals surface area contributed by atoms with Gasteiger partial charge in [0, 0.05) is 36.9 Å². The summed E-state index contributed by atoms with van der Waals surface area (Å²) in [6, 6.07) is 1.98. The summed E-state index contributed by atoms with van der Waals surface area (Å²) < 4.78 is 0. The molecule has 1 saturated heterocycles. The summed E-state index contributed by atoms with van der Waals surface area (Å²) in [5.41, 5.74) is 1.99. The lowest BCUT2D eigenvalue weighted by atomic mass is 9.96. The molecule has 5 heteroatoms. The van der Waals surface area contributed by atoms with Crippen molar-refractivity contribution in [3.05, 3.63) is 17.5 Å². The van der Waals surface area contributed by atoms with Crippen molar-refractivity contribution in [3.8, 4) is 0 Å². The Morgan fingerprint density at radius 1 is 1.27 bits per heavy atom. The molecule has 2 heterocycles. The number of anilines is 1. The van der Waals surface area contributed by atoms with Crippen LogP contribution in [0.25, 0.3) is 0 Å². The Labute approximate surface area is 133 Å². The van der Waals surface area contributed by atoms with E-state index in [0.29, 0.717) is 5.92 Å². The first-order valence-corrected chi connectivity index (χ1v) is 8.30. The van der Waals surface area contributed by atoms with E-state index in [1.165, 1.54) is 0 Å². The van der Waals surface area contributed by atoms with Gasteiger partial charge in [-0.25, -0.2) is 9.97 Å². The number of carbonyl (C=O) groups excluding carboxylic acids is 1. The van der Waals surface area contributed by atoms with Crippen molar-refractivity contribution in [2.24, 2.45) is 11.8 Å². The normalized spacial score (nSPS) is 16.1. The molecule has 0 radical (unpaired) electrons. The van der Waals surface area contributed by atoms with Crippen molar-refractivity contribution >= 4 is 11.9 Å². The second-order valence-corrected chi connectivity index (χ2v) is 6.69. The molecule has 0 atom stereocenters. The number of hydrogen-bond acceptors (Lipinski definition) is 4. The summed E-state index contributed by atoms with van der Waals surface area (Å²) in [5.74, 6) is 1.77. The number of nitrogens with one attached hydrogen (secondary N) is 1. The number of aromatic nitrogens is 2. The van der Waals surface area contributed by atoms with Crippen LogP contribution in [-0.2, 0) is 4.79 Å². The van der Waals surface area contributed by atoms with Crippen LogP contribution in [0.4, 0.5) is 5.95 Å². The number of amides is 1. The number of piperidine rings is 1. The lowest BCUT2D eigenvalue weighted by Gasteiger charge is -2.31. The topological polar surface area (TPSA) is 58.1 Å². The summed E-state index contributed by atoms with van der Waals surface area (Å²) in [5, 5.41) is 3.07. The van der Waals surface area contributed by atoms with Crippen LogP contribution >= 0.6 is 0 Å². The lowest BCUT2D eigenvalue weighted by Crippen LogP contribution is -2.41. The number of nitrogens with zero attached hydrogens (tertiary/aromatic N) is 3. The van der Waals surface area contributed by atoms with E-state index in [4.69, 9.17) is 0 Å². The predicted octanol–water partition coefficient (Wildman–Crippen LogP) is 2.47. The Morgan fingerprint density at radius 3 is 2.41 bits per heavy atom. The monoisotopic (exact) mass is 304 g/mol. The average molecular weight is 304 g/mol. The molecule has 22 heavy (non-hydrogen) atoms. The molecule has 0 saturated carbocycles. The van der Waals surface area contributed by atoms with E-state index in [2.05, 4.69) is 34.0 Å². The van der Waals surface area contributed by atoms with Gasteiger partial charge in [-0.1, -0.05) is 13.8 Å². The predicted molar refractivity (Wildman–Crippen MR) is 88.9 cm³/mol. The van der Waals surface area contributed by atoms with Gasteiger partial charge in [0.15, 0.2) is 0 Å². The van der Waals surface area contributed by atoms with Gasteiger partial charge in [0.2, 0.25) is 11.9 Å². The fourth-order valence-electron chi connectivity index (χ4n) is 2.82. The van der Waals surface area contributed by atoms with Gasteiger partial charge in [0.1, 0.15) is 0 Å². The number of rotatable bonds is 5. The first kappa shape index (κ1) is 16.7. The molecular formula is C17H28N4O. The van der Waals surface area contributed by atoms with Gasteiger partial charge in [-0.05, 0) is 45.1 Å². The molecule has 0 unspecified atom stereocenters. The van der Waals surface area contributed by atoms with Gasteiger partial charge in [0.05, 0.1) is 0 Å². The average Bonchev–Trinajstić information content (AvgIpc) is 2.46. The molecule has 122 valence electrons. The molecule has 1 amide bonds. The highest BCUT2D eigenvalue weighted by atomic mass is 16.1. The van der Waals surface area contributed by atoms with Crippen molar-refractivity contribution in [1.82, 2.24) is 15.3 Å². The summed E-state index contributed by atoms with van der Waals surface area (Å²) in [6.45, 7) is 10.8. The third kappa shape index (κ3) is 4.68. The molecule has 0 bridgehead atoms. The number of carbonyl (C=O) groups is 1. The minimum Gasteiger partial charge on any atom is -0.356 e. The third-order valence-electron chi connectivity index (χ3n) is 4.14. The van der Waals surface area contributed by atoms with Gasteiger partial charge in [-0.2, -0.15) is 0 Å². The van der Waals surface area contributed by atoms with E-state index in [1.54, 1.807) is 0 Å². The maximum Gasteiger partial charge on any atom is 0.225 e. The maximum atomic E-state index is 12.2. The zero-order chi connectivity index (χ0) is 16.1. The quantitative estimate of drug-likeness (QED) is 0.908. The van der Waals surface area contributed by atoms with Gasteiger partial charge in [-0.3, -0.25) is 4.79 Å². The van der Waals surface area contributed by atoms with Crippen molar-refractivity contribution in [2.45, 2.75) is 47.0 Å².